The predicted molar refractivity (Wildman–Crippen MR) is 91.2 cm³/mol. The van der Waals surface area contributed by atoms with E-state index < -0.39 is 0 Å². The summed E-state index contributed by atoms with van der Waals surface area (Å²) in [6.45, 7) is 3.96. The van der Waals surface area contributed by atoms with E-state index in [9.17, 15) is 4.79 Å². The van der Waals surface area contributed by atoms with Gasteiger partial charge in [0, 0.05) is 10.0 Å². The summed E-state index contributed by atoms with van der Waals surface area (Å²) in [5.41, 5.74) is 3.69. The molecule has 0 bridgehead atoms. The number of hydrogen-bond acceptors (Lipinski definition) is 3. The molecule has 0 radical (unpaired) electrons. The zero-order chi connectivity index (χ0) is 15.0. The number of halogens is 1. The van der Waals surface area contributed by atoms with Crippen molar-refractivity contribution in [1.82, 2.24) is 4.98 Å². The first kappa shape index (κ1) is 14.2. The van der Waals surface area contributed by atoms with Gasteiger partial charge in [-0.1, -0.05) is 45.0 Å². The quantitative estimate of drug-likeness (QED) is 0.703. The average Bonchev–Trinajstić information content (AvgIpc) is 2.79. The zero-order valence-electron chi connectivity index (χ0n) is 11.6. The van der Waals surface area contributed by atoms with E-state index in [0.29, 0.717) is 10.7 Å². The van der Waals surface area contributed by atoms with Gasteiger partial charge in [0.05, 0.1) is 10.2 Å². The summed E-state index contributed by atoms with van der Waals surface area (Å²) in [4.78, 5) is 16.8. The van der Waals surface area contributed by atoms with Crippen molar-refractivity contribution in [1.29, 1.82) is 0 Å². The van der Waals surface area contributed by atoms with Crippen LogP contribution in [0.25, 0.3) is 10.2 Å². The molecule has 1 amide bonds. The predicted octanol–water partition coefficient (Wildman–Crippen LogP) is 4.93. The highest BCUT2D eigenvalue weighted by molar-refractivity contribution is 9.10. The third-order valence-corrected chi connectivity index (χ3v) is 4.62. The first-order chi connectivity index (χ1) is 10.0. The van der Waals surface area contributed by atoms with Crippen LogP contribution in [0.1, 0.15) is 21.5 Å². The standard InChI is InChI=1S/C16H13BrN2OS/c1-9-3-5-12(10(2)7-9)15(20)19-16-18-13-6-4-11(17)8-14(13)21-16/h3-8H,1-2H3,(H,18,19,20). The van der Waals surface area contributed by atoms with Gasteiger partial charge < -0.3 is 0 Å². The van der Waals surface area contributed by atoms with Crippen LogP contribution < -0.4 is 5.32 Å². The minimum Gasteiger partial charge on any atom is -0.298 e. The van der Waals surface area contributed by atoms with E-state index in [1.165, 1.54) is 11.3 Å². The zero-order valence-corrected chi connectivity index (χ0v) is 14.0. The first-order valence-corrected chi connectivity index (χ1v) is 8.08. The lowest BCUT2D eigenvalue weighted by Crippen LogP contribution is -2.13. The number of rotatable bonds is 2. The van der Waals surface area contributed by atoms with Crippen LogP contribution in [0.4, 0.5) is 5.13 Å². The first-order valence-electron chi connectivity index (χ1n) is 6.47. The fourth-order valence-corrected chi connectivity index (χ4v) is 3.60. The molecule has 106 valence electrons. The summed E-state index contributed by atoms with van der Waals surface area (Å²) in [7, 11) is 0. The van der Waals surface area contributed by atoms with E-state index in [4.69, 9.17) is 0 Å². The second-order valence-electron chi connectivity index (χ2n) is 4.90. The van der Waals surface area contributed by atoms with Gasteiger partial charge in [-0.15, -0.1) is 0 Å². The van der Waals surface area contributed by atoms with Crippen LogP contribution >= 0.6 is 27.3 Å². The van der Waals surface area contributed by atoms with Gasteiger partial charge in [-0.3, -0.25) is 10.1 Å². The highest BCUT2D eigenvalue weighted by atomic mass is 79.9. The molecule has 0 atom stereocenters. The fraction of sp³-hybridized carbons (Fsp3) is 0.125. The van der Waals surface area contributed by atoms with E-state index >= 15 is 0 Å². The van der Waals surface area contributed by atoms with Gasteiger partial charge in [0.25, 0.3) is 5.91 Å². The second-order valence-corrected chi connectivity index (χ2v) is 6.85. The lowest BCUT2D eigenvalue weighted by atomic mass is 10.1. The summed E-state index contributed by atoms with van der Waals surface area (Å²) >= 11 is 4.91. The number of aryl methyl sites for hydroxylation is 2. The van der Waals surface area contributed by atoms with Crippen molar-refractivity contribution < 1.29 is 4.79 Å². The van der Waals surface area contributed by atoms with Gasteiger partial charge in [0.2, 0.25) is 0 Å². The Bertz CT molecular complexity index is 841. The number of thiazole rings is 1. The molecule has 1 aromatic heterocycles. The largest absolute Gasteiger partial charge is 0.298 e. The number of benzene rings is 2. The monoisotopic (exact) mass is 360 g/mol. The fourth-order valence-electron chi connectivity index (χ4n) is 2.18. The summed E-state index contributed by atoms with van der Waals surface area (Å²) in [5, 5.41) is 3.50. The molecule has 21 heavy (non-hydrogen) atoms. The van der Waals surface area contributed by atoms with Crippen LogP contribution in [-0.2, 0) is 0 Å². The van der Waals surface area contributed by atoms with Gasteiger partial charge in [0.1, 0.15) is 0 Å². The van der Waals surface area contributed by atoms with Crippen LogP contribution in [0.15, 0.2) is 40.9 Å². The van der Waals surface area contributed by atoms with Gasteiger partial charge in [-0.25, -0.2) is 4.98 Å². The number of carbonyl (C=O) groups excluding carboxylic acids is 1. The van der Waals surface area contributed by atoms with Crippen molar-refractivity contribution in [2.24, 2.45) is 0 Å². The van der Waals surface area contributed by atoms with Crippen molar-refractivity contribution in [2.45, 2.75) is 13.8 Å². The van der Waals surface area contributed by atoms with E-state index in [1.54, 1.807) is 0 Å². The third-order valence-electron chi connectivity index (χ3n) is 3.20. The molecule has 1 heterocycles. The Balaban J connectivity index is 1.89. The molecule has 0 fully saturated rings. The highest BCUT2D eigenvalue weighted by Gasteiger charge is 2.12. The maximum atomic E-state index is 12.3. The smallest absolute Gasteiger partial charge is 0.257 e. The van der Waals surface area contributed by atoms with Crippen molar-refractivity contribution in [3.05, 3.63) is 57.6 Å². The Morgan fingerprint density at radius 1 is 1.19 bits per heavy atom. The Morgan fingerprint density at radius 3 is 2.76 bits per heavy atom. The summed E-state index contributed by atoms with van der Waals surface area (Å²) in [6.07, 6.45) is 0. The van der Waals surface area contributed by atoms with Crippen molar-refractivity contribution in [3.8, 4) is 0 Å². The molecular formula is C16H13BrN2OS. The summed E-state index contributed by atoms with van der Waals surface area (Å²) in [5.74, 6) is -0.120. The lowest BCUT2D eigenvalue weighted by molar-refractivity contribution is 0.102. The topological polar surface area (TPSA) is 42.0 Å². The number of nitrogens with zero attached hydrogens (tertiary/aromatic N) is 1. The van der Waals surface area contributed by atoms with Crippen molar-refractivity contribution in [3.63, 3.8) is 0 Å². The van der Waals surface area contributed by atoms with Crippen LogP contribution in [0.5, 0.6) is 0 Å². The van der Waals surface area contributed by atoms with Crippen LogP contribution in [0.3, 0.4) is 0 Å². The Labute approximate surface area is 135 Å². The number of nitrogens with one attached hydrogen (secondary N) is 1. The van der Waals surface area contributed by atoms with Gasteiger partial charge in [-0.05, 0) is 43.7 Å². The molecule has 3 aromatic rings. The molecule has 0 unspecified atom stereocenters. The van der Waals surface area contributed by atoms with E-state index in [-0.39, 0.29) is 5.91 Å². The molecule has 5 heteroatoms. The number of hydrogen-bond donors (Lipinski definition) is 1. The SMILES string of the molecule is Cc1ccc(C(=O)Nc2nc3ccc(Br)cc3s2)c(C)c1. The molecule has 0 aliphatic rings. The van der Waals surface area contributed by atoms with Crippen LogP contribution in [0.2, 0.25) is 0 Å². The maximum Gasteiger partial charge on any atom is 0.257 e. The van der Waals surface area contributed by atoms with Crippen LogP contribution in [-0.4, -0.2) is 10.9 Å². The molecule has 2 aromatic carbocycles. The van der Waals surface area contributed by atoms with E-state index in [2.05, 4.69) is 26.2 Å². The van der Waals surface area contributed by atoms with Crippen LogP contribution in [0, 0.1) is 13.8 Å². The molecule has 3 rings (SSSR count). The molecule has 0 spiro atoms. The average molecular weight is 361 g/mol. The number of carbonyl (C=O) groups is 1. The third kappa shape index (κ3) is 2.99. The Morgan fingerprint density at radius 2 is 2.00 bits per heavy atom. The van der Waals surface area contributed by atoms with Gasteiger partial charge in [0.15, 0.2) is 5.13 Å². The Hall–Kier alpha value is -1.72. The van der Waals surface area contributed by atoms with E-state index in [0.717, 1.165) is 25.8 Å². The number of fused-ring (bicyclic) bond motifs is 1. The normalized spacial score (nSPS) is 10.8. The second kappa shape index (κ2) is 5.58. The molecule has 0 saturated carbocycles. The van der Waals surface area contributed by atoms with Gasteiger partial charge in [-0.2, -0.15) is 0 Å². The number of anilines is 1. The minimum absolute atomic E-state index is 0.120. The lowest BCUT2D eigenvalue weighted by Gasteiger charge is -2.06. The van der Waals surface area contributed by atoms with E-state index in [1.807, 2.05) is 50.2 Å². The summed E-state index contributed by atoms with van der Waals surface area (Å²) in [6, 6.07) is 11.7. The van der Waals surface area contributed by atoms with Crippen molar-refractivity contribution >= 4 is 48.5 Å². The Kier molecular flexibility index (Phi) is 3.78. The highest BCUT2D eigenvalue weighted by Crippen LogP contribution is 2.28. The van der Waals surface area contributed by atoms with Crippen molar-refractivity contribution in [2.75, 3.05) is 5.32 Å². The molecule has 0 saturated heterocycles. The molecule has 0 aliphatic heterocycles. The molecular weight excluding hydrogens is 348 g/mol. The minimum atomic E-state index is -0.120. The number of aromatic nitrogens is 1. The maximum absolute atomic E-state index is 12.3. The summed E-state index contributed by atoms with van der Waals surface area (Å²) < 4.78 is 2.05. The molecule has 1 N–H and O–H groups in total. The molecule has 3 nitrogen and oxygen atoms in total. The molecule has 0 aliphatic carbocycles. The van der Waals surface area contributed by atoms with Gasteiger partial charge >= 0.3 is 0 Å². The number of amides is 1.